The third-order valence-electron chi connectivity index (χ3n) is 3.85. The van der Waals surface area contributed by atoms with E-state index in [1.165, 1.54) is 16.0 Å². The molecular formula is C20H27N2O+. The summed E-state index contributed by atoms with van der Waals surface area (Å²) in [6.45, 7) is 7.85. The van der Waals surface area contributed by atoms with Gasteiger partial charge in [0.05, 0.1) is 7.05 Å². The molecular weight excluding hydrogens is 284 g/mol. The topological polar surface area (TPSA) is 33.5 Å². The van der Waals surface area contributed by atoms with Crippen LogP contribution in [0.5, 0.6) is 0 Å². The standard InChI is InChI=1S/C20H26N2O/c1-20(2,3)17-10-12-18(13-11-17)21-19(23)15-22(4)14-16-8-6-5-7-9-16/h5-13H,14-15H2,1-4H3,(H,21,23)/p+1. The molecule has 2 aromatic carbocycles. The predicted octanol–water partition coefficient (Wildman–Crippen LogP) is 2.64. The first-order valence-corrected chi connectivity index (χ1v) is 8.10. The fourth-order valence-electron chi connectivity index (χ4n) is 2.54. The highest BCUT2D eigenvalue weighted by atomic mass is 16.2. The van der Waals surface area contributed by atoms with Gasteiger partial charge >= 0.3 is 0 Å². The molecule has 0 bridgehead atoms. The fraction of sp³-hybridized carbons (Fsp3) is 0.350. The van der Waals surface area contributed by atoms with Crippen LogP contribution in [0.1, 0.15) is 31.9 Å². The molecule has 0 fully saturated rings. The molecule has 122 valence electrons. The second-order valence-electron chi connectivity index (χ2n) is 7.17. The Morgan fingerprint density at radius 2 is 1.61 bits per heavy atom. The van der Waals surface area contributed by atoms with Gasteiger partial charge in [-0.1, -0.05) is 63.2 Å². The van der Waals surface area contributed by atoms with E-state index in [0.29, 0.717) is 6.54 Å². The van der Waals surface area contributed by atoms with Gasteiger partial charge in [-0.2, -0.15) is 0 Å². The molecule has 1 unspecified atom stereocenters. The Bertz CT molecular complexity index is 627. The van der Waals surface area contributed by atoms with Gasteiger partial charge in [0.25, 0.3) is 5.91 Å². The molecule has 0 saturated carbocycles. The van der Waals surface area contributed by atoms with Gasteiger partial charge in [-0.05, 0) is 23.1 Å². The predicted molar refractivity (Wildman–Crippen MR) is 95.7 cm³/mol. The van der Waals surface area contributed by atoms with E-state index in [2.05, 4.69) is 50.4 Å². The second kappa shape index (κ2) is 7.42. The van der Waals surface area contributed by atoms with E-state index < -0.39 is 0 Å². The van der Waals surface area contributed by atoms with Crippen molar-refractivity contribution in [3.8, 4) is 0 Å². The number of hydrogen-bond acceptors (Lipinski definition) is 1. The fourth-order valence-corrected chi connectivity index (χ4v) is 2.54. The molecule has 0 radical (unpaired) electrons. The Morgan fingerprint density at radius 3 is 2.17 bits per heavy atom. The molecule has 0 saturated heterocycles. The normalized spacial score (nSPS) is 12.7. The number of carbonyl (C=O) groups excluding carboxylic acids is 1. The van der Waals surface area contributed by atoms with Crippen LogP contribution in [0.3, 0.4) is 0 Å². The van der Waals surface area contributed by atoms with Crippen LogP contribution in [-0.2, 0) is 16.8 Å². The Morgan fingerprint density at radius 1 is 1.00 bits per heavy atom. The number of amides is 1. The van der Waals surface area contributed by atoms with Gasteiger partial charge in [0.1, 0.15) is 6.54 Å². The van der Waals surface area contributed by atoms with Gasteiger partial charge in [-0.3, -0.25) is 4.79 Å². The molecule has 2 rings (SSSR count). The largest absolute Gasteiger partial charge is 0.326 e. The van der Waals surface area contributed by atoms with Gasteiger partial charge < -0.3 is 10.2 Å². The zero-order valence-electron chi connectivity index (χ0n) is 14.5. The molecule has 3 heteroatoms. The summed E-state index contributed by atoms with van der Waals surface area (Å²) in [7, 11) is 2.04. The smallest absolute Gasteiger partial charge is 0.279 e. The maximum absolute atomic E-state index is 12.2. The second-order valence-corrected chi connectivity index (χ2v) is 7.17. The van der Waals surface area contributed by atoms with Crippen LogP contribution in [0, 0.1) is 0 Å². The molecule has 1 amide bonds. The first-order valence-electron chi connectivity index (χ1n) is 8.10. The monoisotopic (exact) mass is 311 g/mol. The van der Waals surface area contributed by atoms with Crippen molar-refractivity contribution in [2.45, 2.75) is 32.7 Å². The van der Waals surface area contributed by atoms with Crippen LogP contribution in [-0.4, -0.2) is 19.5 Å². The van der Waals surface area contributed by atoms with Crippen molar-refractivity contribution in [3.63, 3.8) is 0 Å². The molecule has 0 aliphatic carbocycles. The minimum absolute atomic E-state index is 0.0435. The van der Waals surface area contributed by atoms with Crippen LogP contribution in [0.25, 0.3) is 0 Å². The molecule has 3 nitrogen and oxygen atoms in total. The van der Waals surface area contributed by atoms with Crippen molar-refractivity contribution in [1.82, 2.24) is 0 Å². The molecule has 1 atom stereocenters. The first-order chi connectivity index (χ1) is 10.8. The summed E-state index contributed by atoms with van der Waals surface area (Å²) >= 11 is 0. The molecule has 23 heavy (non-hydrogen) atoms. The SMILES string of the molecule is C[NH+](CC(=O)Nc1ccc(C(C)(C)C)cc1)Cc1ccccc1. The van der Waals surface area contributed by atoms with Crippen molar-refractivity contribution in [2.24, 2.45) is 0 Å². The number of nitrogens with one attached hydrogen (secondary N) is 2. The summed E-state index contributed by atoms with van der Waals surface area (Å²) in [6.07, 6.45) is 0. The Hall–Kier alpha value is -2.13. The maximum Gasteiger partial charge on any atom is 0.279 e. The summed E-state index contributed by atoms with van der Waals surface area (Å²) in [4.78, 5) is 13.3. The summed E-state index contributed by atoms with van der Waals surface area (Å²) in [6, 6.07) is 18.4. The van der Waals surface area contributed by atoms with E-state index >= 15 is 0 Å². The third-order valence-corrected chi connectivity index (χ3v) is 3.85. The highest BCUT2D eigenvalue weighted by Gasteiger charge is 2.14. The number of carbonyl (C=O) groups is 1. The van der Waals surface area contributed by atoms with Crippen LogP contribution in [0.2, 0.25) is 0 Å². The lowest BCUT2D eigenvalue weighted by molar-refractivity contribution is -0.885. The van der Waals surface area contributed by atoms with Crippen LogP contribution >= 0.6 is 0 Å². The number of anilines is 1. The Kier molecular flexibility index (Phi) is 5.56. The van der Waals surface area contributed by atoms with Crippen LogP contribution in [0.4, 0.5) is 5.69 Å². The molecule has 0 aromatic heterocycles. The van der Waals surface area contributed by atoms with Crippen LogP contribution < -0.4 is 10.2 Å². The molecule has 0 spiro atoms. The van der Waals surface area contributed by atoms with Gasteiger partial charge in [-0.15, -0.1) is 0 Å². The van der Waals surface area contributed by atoms with Crippen molar-refractivity contribution in [3.05, 3.63) is 65.7 Å². The van der Waals surface area contributed by atoms with Crippen molar-refractivity contribution < 1.29 is 9.69 Å². The minimum atomic E-state index is 0.0435. The van der Waals surface area contributed by atoms with Crippen LogP contribution in [0.15, 0.2) is 54.6 Å². The zero-order valence-corrected chi connectivity index (χ0v) is 14.5. The lowest BCUT2D eigenvalue weighted by Gasteiger charge is -2.19. The van der Waals surface area contributed by atoms with E-state index in [9.17, 15) is 4.79 Å². The summed E-state index contributed by atoms with van der Waals surface area (Å²) in [5.74, 6) is 0.0435. The molecule has 0 aliphatic rings. The van der Waals surface area contributed by atoms with Gasteiger partial charge in [0.2, 0.25) is 0 Å². The third kappa shape index (κ3) is 5.53. The van der Waals surface area contributed by atoms with Crippen molar-refractivity contribution >= 4 is 11.6 Å². The van der Waals surface area contributed by atoms with Gasteiger partial charge in [0.15, 0.2) is 6.54 Å². The quantitative estimate of drug-likeness (QED) is 0.874. The lowest BCUT2D eigenvalue weighted by Crippen LogP contribution is -3.08. The molecule has 2 aromatic rings. The van der Waals surface area contributed by atoms with E-state index in [-0.39, 0.29) is 11.3 Å². The molecule has 0 aliphatic heterocycles. The highest BCUT2D eigenvalue weighted by molar-refractivity contribution is 5.91. The summed E-state index contributed by atoms with van der Waals surface area (Å²) in [5.41, 5.74) is 3.49. The Balaban J connectivity index is 1.87. The van der Waals surface area contributed by atoms with Gasteiger partial charge in [0, 0.05) is 11.3 Å². The average Bonchev–Trinajstić information content (AvgIpc) is 2.47. The van der Waals surface area contributed by atoms with Crippen molar-refractivity contribution in [1.29, 1.82) is 0 Å². The van der Waals surface area contributed by atoms with E-state index in [1.54, 1.807) is 0 Å². The maximum atomic E-state index is 12.2. The van der Waals surface area contributed by atoms with E-state index in [1.807, 2.05) is 37.4 Å². The summed E-state index contributed by atoms with van der Waals surface area (Å²) in [5, 5.41) is 2.98. The first kappa shape index (κ1) is 17.2. The highest BCUT2D eigenvalue weighted by Crippen LogP contribution is 2.23. The molecule has 2 N–H and O–H groups in total. The number of hydrogen-bond donors (Lipinski definition) is 2. The lowest BCUT2D eigenvalue weighted by atomic mass is 9.87. The van der Waals surface area contributed by atoms with E-state index in [0.717, 1.165) is 12.2 Å². The number of rotatable bonds is 5. The Labute approximate surface area is 139 Å². The van der Waals surface area contributed by atoms with E-state index in [4.69, 9.17) is 0 Å². The minimum Gasteiger partial charge on any atom is -0.326 e. The van der Waals surface area contributed by atoms with Crippen molar-refractivity contribution in [2.75, 3.05) is 18.9 Å². The number of benzene rings is 2. The average molecular weight is 311 g/mol. The zero-order chi connectivity index (χ0) is 16.9. The van der Waals surface area contributed by atoms with Gasteiger partial charge in [-0.25, -0.2) is 0 Å². The molecule has 0 heterocycles. The summed E-state index contributed by atoms with van der Waals surface area (Å²) < 4.78 is 0. The number of quaternary nitrogens is 1. The number of likely N-dealkylation sites (N-methyl/N-ethyl adjacent to an activating group) is 1.